The first-order valence-electron chi connectivity index (χ1n) is 2.66. The van der Waals surface area contributed by atoms with Crippen molar-refractivity contribution in [3.05, 3.63) is 0 Å². The third-order valence-corrected chi connectivity index (χ3v) is 2.54. The Bertz CT molecular complexity index is 116. The van der Waals surface area contributed by atoms with E-state index in [-0.39, 0.29) is 5.78 Å². The second-order valence-electron chi connectivity index (χ2n) is 1.93. The maximum Gasteiger partial charge on any atom is 0.145 e. The van der Waals surface area contributed by atoms with Gasteiger partial charge in [-0.2, -0.15) is 0 Å². The van der Waals surface area contributed by atoms with E-state index in [1.54, 1.807) is 0 Å². The first-order chi connectivity index (χ1) is 3.79. The van der Waals surface area contributed by atoms with Gasteiger partial charge < -0.3 is 0 Å². The molecule has 1 aliphatic rings. The van der Waals surface area contributed by atoms with Gasteiger partial charge >= 0.3 is 0 Å². The van der Waals surface area contributed by atoms with Crippen molar-refractivity contribution in [3.63, 3.8) is 0 Å². The lowest BCUT2D eigenvalue weighted by Gasteiger charge is -2.05. The largest absolute Gasteiger partial charge is 0.299 e. The van der Waals surface area contributed by atoms with Crippen LogP contribution in [0.5, 0.6) is 0 Å². The number of ketones is 1. The topological polar surface area (TPSA) is 34.1 Å². The number of carbonyl (C=O) groups is 1. The van der Waals surface area contributed by atoms with Crippen LogP contribution in [0.3, 0.4) is 0 Å². The van der Waals surface area contributed by atoms with Gasteiger partial charge in [-0.3, -0.25) is 9.00 Å². The standard InChI is InChI=1S/C5H8O2S/c6-5-2-1-3-8(7)4-5/h1-4H2. The average Bonchev–Trinajstić information content (AvgIpc) is 1.64. The van der Waals surface area contributed by atoms with Gasteiger partial charge in [0.2, 0.25) is 0 Å². The predicted molar refractivity (Wildman–Crippen MR) is 32.1 cm³/mol. The van der Waals surface area contributed by atoms with Crippen molar-refractivity contribution in [2.45, 2.75) is 12.8 Å². The quantitative estimate of drug-likeness (QED) is 0.468. The SMILES string of the molecule is O=C1CCCS(=O)C1. The van der Waals surface area contributed by atoms with Gasteiger partial charge in [-0.05, 0) is 6.42 Å². The fraction of sp³-hybridized carbons (Fsp3) is 0.800. The lowest BCUT2D eigenvalue weighted by atomic mass is 10.2. The van der Waals surface area contributed by atoms with Gasteiger partial charge in [-0.15, -0.1) is 0 Å². The van der Waals surface area contributed by atoms with Crippen molar-refractivity contribution in [1.82, 2.24) is 0 Å². The molecule has 0 spiro atoms. The van der Waals surface area contributed by atoms with Crippen LogP contribution in [-0.4, -0.2) is 21.5 Å². The molecule has 1 saturated heterocycles. The monoisotopic (exact) mass is 132 g/mol. The Balaban J connectivity index is 2.45. The summed E-state index contributed by atoms with van der Waals surface area (Å²) in [6.07, 6.45) is 1.47. The third kappa shape index (κ3) is 1.40. The minimum atomic E-state index is -0.820. The van der Waals surface area contributed by atoms with Gasteiger partial charge in [0.05, 0.1) is 5.75 Å². The van der Waals surface area contributed by atoms with E-state index in [1.165, 1.54) is 0 Å². The molecule has 3 heteroatoms. The fourth-order valence-electron chi connectivity index (χ4n) is 0.754. The molecule has 2 nitrogen and oxygen atoms in total. The summed E-state index contributed by atoms with van der Waals surface area (Å²) in [7, 11) is -0.820. The van der Waals surface area contributed by atoms with E-state index in [0.29, 0.717) is 12.2 Å². The van der Waals surface area contributed by atoms with Gasteiger partial charge in [-0.25, -0.2) is 0 Å². The number of hydrogen-bond acceptors (Lipinski definition) is 2. The molecule has 0 saturated carbocycles. The first-order valence-corrected chi connectivity index (χ1v) is 4.14. The molecule has 0 aromatic carbocycles. The Morgan fingerprint density at radius 2 is 2.25 bits per heavy atom. The van der Waals surface area contributed by atoms with E-state index in [4.69, 9.17) is 0 Å². The number of carbonyl (C=O) groups excluding carboxylic acids is 1. The first kappa shape index (κ1) is 5.95. The zero-order valence-corrected chi connectivity index (χ0v) is 5.37. The molecule has 0 bridgehead atoms. The molecule has 0 radical (unpaired) electrons. The lowest BCUT2D eigenvalue weighted by Crippen LogP contribution is -2.19. The van der Waals surface area contributed by atoms with E-state index in [0.717, 1.165) is 12.2 Å². The van der Waals surface area contributed by atoms with Crippen LogP contribution < -0.4 is 0 Å². The Labute approximate surface area is 50.7 Å². The molecular weight excluding hydrogens is 124 g/mol. The predicted octanol–water partition coefficient (Wildman–Crippen LogP) is 0.0980. The van der Waals surface area contributed by atoms with Crippen LogP contribution >= 0.6 is 0 Å². The van der Waals surface area contributed by atoms with Crippen LogP contribution in [0.2, 0.25) is 0 Å². The van der Waals surface area contributed by atoms with Crippen LogP contribution in [0, 0.1) is 0 Å². The van der Waals surface area contributed by atoms with Crippen molar-refractivity contribution in [2.24, 2.45) is 0 Å². The van der Waals surface area contributed by atoms with Crippen LogP contribution in [0.25, 0.3) is 0 Å². The average molecular weight is 132 g/mol. The summed E-state index contributed by atoms with van der Waals surface area (Å²) in [6.45, 7) is 0. The molecule has 0 aromatic rings. The van der Waals surface area contributed by atoms with Crippen molar-refractivity contribution >= 4 is 16.6 Å². The molecule has 46 valence electrons. The molecule has 8 heavy (non-hydrogen) atoms. The van der Waals surface area contributed by atoms with Crippen molar-refractivity contribution in [2.75, 3.05) is 11.5 Å². The number of rotatable bonds is 0. The van der Waals surface area contributed by atoms with Crippen molar-refractivity contribution in [1.29, 1.82) is 0 Å². The second-order valence-corrected chi connectivity index (χ2v) is 3.51. The lowest BCUT2D eigenvalue weighted by molar-refractivity contribution is -0.116. The molecule has 1 aliphatic heterocycles. The zero-order valence-electron chi connectivity index (χ0n) is 4.55. The molecule has 1 heterocycles. The number of Topliss-reactive ketones (excluding diaryl/α,β-unsaturated/α-hetero) is 1. The molecule has 1 atom stereocenters. The molecule has 0 N–H and O–H groups in total. The summed E-state index contributed by atoms with van der Waals surface area (Å²) in [5, 5.41) is 0. The van der Waals surface area contributed by atoms with Crippen LogP contribution in [-0.2, 0) is 15.6 Å². The summed E-state index contributed by atoms with van der Waals surface area (Å²) in [6, 6.07) is 0. The van der Waals surface area contributed by atoms with E-state index in [2.05, 4.69) is 0 Å². The highest BCUT2D eigenvalue weighted by atomic mass is 32.2. The molecule has 0 aliphatic carbocycles. The summed E-state index contributed by atoms with van der Waals surface area (Å²) in [4.78, 5) is 10.5. The van der Waals surface area contributed by atoms with Crippen molar-refractivity contribution in [3.8, 4) is 0 Å². The summed E-state index contributed by atoms with van der Waals surface area (Å²) >= 11 is 0. The summed E-state index contributed by atoms with van der Waals surface area (Å²) in [5.41, 5.74) is 0. The van der Waals surface area contributed by atoms with E-state index in [9.17, 15) is 9.00 Å². The van der Waals surface area contributed by atoms with Gasteiger partial charge in [0.1, 0.15) is 5.78 Å². The molecule has 1 fully saturated rings. The maximum atomic E-state index is 10.6. The van der Waals surface area contributed by atoms with E-state index in [1.807, 2.05) is 0 Å². The molecule has 1 rings (SSSR count). The molecule has 1 unspecified atom stereocenters. The zero-order chi connectivity index (χ0) is 5.98. The van der Waals surface area contributed by atoms with E-state index < -0.39 is 10.8 Å². The normalized spacial score (nSPS) is 30.5. The Morgan fingerprint density at radius 1 is 1.50 bits per heavy atom. The highest BCUT2D eigenvalue weighted by Crippen LogP contribution is 2.02. The minimum Gasteiger partial charge on any atom is -0.299 e. The third-order valence-electron chi connectivity index (χ3n) is 1.15. The Morgan fingerprint density at radius 3 is 2.62 bits per heavy atom. The number of hydrogen-bond donors (Lipinski definition) is 0. The van der Waals surface area contributed by atoms with Gasteiger partial charge in [0.25, 0.3) is 0 Å². The van der Waals surface area contributed by atoms with Crippen LogP contribution in [0.4, 0.5) is 0 Å². The van der Waals surface area contributed by atoms with Crippen LogP contribution in [0.15, 0.2) is 0 Å². The van der Waals surface area contributed by atoms with Gasteiger partial charge in [0, 0.05) is 23.0 Å². The smallest absolute Gasteiger partial charge is 0.145 e. The van der Waals surface area contributed by atoms with Gasteiger partial charge in [0.15, 0.2) is 0 Å². The fourth-order valence-corrected chi connectivity index (χ4v) is 1.87. The molecular formula is C5H8O2S. The maximum absolute atomic E-state index is 10.6. The minimum absolute atomic E-state index is 0.162. The molecule has 0 aromatic heterocycles. The highest BCUT2D eigenvalue weighted by molar-refractivity contribution is 7.85. The van der Waals surface area contributed by atoms with Gasteiger partial charge in [-0.1, -0.05) is 0 Å². The molecule has 0 amide bonds. The second kappa shape index (κ2) is 2.40. The highest BCUT2D eigenvalue weighted by Gasteiger charge is 2.13. The summed E-state index contributed by atoms with van der Waals surface area (Å²) < 4.78 is 10.6. The summed E-state index contributed by atoms with van der Waals surface area (Å²) in [5.74, 6) is 1.20. The van der Waals surface area contributed by atoms with Crippen LogP contribution in [0.1, 0.15) is 12.8 Å². The Kier molecular flexibility index (Phi) is 1.78. The van der Waals surface area contributed by atoms with Crippen molar-refractivity contribution < 1.29 is 9.00 Å². The Hall–Kier alpha value is -0.180. The van der Waals surface area contributed by atoms with E-state index >= 15 is 0 Å².